The molecule has 4 nitrogen and oxygen atoms in total. The maximum absolute atomic E-state index is 5.57. The summed E-state index contributed by atoms with van der Waals surface area (Å²) in [6, 6.07) is 0. The average molecular weight is 235 g/mol. The van der Waals surface area contributed by atoms with E-state index in [0.29, 0.717) is 11.8 Å². The quantitative estimate of drug-likeness (QED) is 0.763. The lowest BCUT2D eigenvalue weighted by Crippen LogP contribution is -1.97. The minimum Gasteiger partial charge on any atom is -0.274 e. The molecule has 0 amide bonds. The van der Waals surface area contributed by atoms with Crippen molar-refractivity contribution in [3.05, 3.63) is 42.8 Å². The Bertz CT molecular complexity index is 447. The summed E-state index contributed by atoms with van der Waals surface area (Å²) in [7, 11) is 0. The summed E-state index contributed by atoms with van der Waals surface area (Å²) in [6.07, 6.45) is 13.5. The molecule has 2 heterocycles. The fraction of sp³-hybridized carbons (Fsp3) is 0.182. The fourth-order valence-corrected chi connectivity index (χ4v) is 1.34. The number of alkyl halides is 1. The van der Waals surface area contributed by atoms with E-state index in [4.69, 9.17) is 11.6 Å². The molecule has 0 bridgehead atoms. The normalized spacial score (nSPS) is 11.1. The first kappa shape index (κ1) is 10.8. The molecule has 0 aliphatic heterocycles. The van der Waals surface area contributed by atoms with Gasteiger partial charge < -0.3 is 0 Å². The number of hydrogen-bond acceptors (Lipinski definition) is 3. The van der Waals surface area contributed by atoms with Crippen molar-refractivity contribution in [2.45, 2.75) is 6.42 Å². The molecule has 0 atom stereocenters. The van der Waals surface area contributed by atoms with Gasteiger partial charge in [-0.1, -0.05) is 12.2 Å². The first-order valence-corrected chi connectivity index (χ1v) is 5.46. The van der Waals surface area contributed by atoms with Gasteiger partial charge in [0.05, 0.1) is 0 Å². The van der Waals surface area contributed by atoms with Crippen LogP contribution in [-0.2, 0) is 0 Å². The molecule has 16 heavy (non-hydrogen) atoms. The van der Waals surface area contributed by atoms with Crippen LogP contribution < -0.4 is 0 Å². The Balaban J connectivity index is 2.11. The summed E-state index contributed by atoms with van der Waals surface area (Å²) in [6.45, 7) is 0. The van der Waals surface area contributed by atoms with Crippen molar-refractivity contribution in [3.8, 4) is 5.95 Å². The second kappa shape index (κ2) is 5.42. The molecule has 0 unspecified atom stereocenters. The molecular weight excluding hydrogens is 224 g/mol. The molecular formula is C11H11ClN4. The highest BCUT2D eigenvalue weighted by atomic mass is 35.5. The van der Waals surface area contributed by atoms with Crippen LogP contribution in [0.25, 0.3) is 12.0 Å². The fourth-order valence-electron chi connectivity index (χ4n) is 1.21. The molecule has 0 fully saturated rings. The summed E-state index contributed by atoms with van der Waals surface area (Å²) in [5.41, 5.74) is 0.967. The van der Waals surface area contributed by atoms with Gasteiger partial charge in [0.1, 0.15) is 6.33 Å². The number of hydrogen-bond donors (Lipinski definition) is 0. The summed E-state index contributed by atoms with van der Waals surface area (Å²) >= 11 is 5.57. The molecule has 0 aromatic carbocycles. The molecule has 0 saturated heterocycles. The lowest BCUT2D eigenvalue weighted by molar-refractivity contribution is 0.923. The molecule has 2 aromatic rings. The lowest BCUT2D eigenvalue weighted by Gasteiger charge is -1.99. The summed E-state index contributed by atoms with van der Waals surface area (Å²) < 4.78 is 1.76. The number of halogens is 1. The molecule has 5 heteroatoms. The van der Waals surface area contributed by atoms with Gasteiger partial charge in [-0.25, -0.2) is 15.0 Å². The predicted octanol–water partition coefficient (Wildman–Crippen LogP) is 2.30. The summed E-state index contributed by atoms with van der Waals surface area (Å²) in [5, 5.41) is 0. The molecule has 0 aliphatic rings. The zero-order valence-electron chi connectivity index (χ0n) is 8.62. The standard InChI is InChI=1S/C11H11ClN4/c12-4-2-1-3-10-7-14-11(15-8-10)16-6-5-13-9-16/h1,3,5-9H,2,4H2. The third-order valence-corrected chi connectivity index (χ3v) is 2.20. The van der Waals surface area contributed by atoms with Crippen molar-refractivity contribution >= 4 is 17.7 Å². The van der Waals surface area contributed by atoms with Gasteiger partial charge in [-0.15, -0.1) is 11.6 Å². The highest BCUT2D eigenvalue weighted by molar-refractivity contribution is 6.17. The van der Waals surface area contributed by atoms with E-state index in [2.05, 4.69) is 15.0 Å². The number of rotatable bonds is 4. The van der Waals surface area contributed by atoms with Crippen LogP contribution in [0, 0.1) is 0 Å². The van der Waals surface area contributed by atoms with Crippen LogP contribution in [0.1, 0.15) is 12.0 Å². The molecule has 0 aliphatic carbocycles. The van der Waals surface area contributed by atoms with Crippen molar-refractivity contribution in [3.63, 3.8) is 0 Å². The Hall–Kier alpha value is -1.68. The topological polar surface area (TPSA) is 43.6 Å². The van der Waals surface area contributed by atoms with E-state index in [1.54, 1.807) is 35.7 Å². The van der Waals surface area contributed by atoms with E-state index in [0.717, 1.165) is 12.0 Å². The van der Waals surface area contributed by atoms with Gasteiger partial charge in [0, 0.05) is 36.2 Å². The van der Waals surface area contributed by atoms with Crippen molar-refractivity contribution in [1.82, 2.24) is 19.5 Å². The zero-order valence-corrected chi connectivity index (χ0v) is 9.38. The van der Waals surface area contributed by atoms with Crippen molar-refractivity contribution in [1.29, 1.82) is 0 Å². The Labute approximate surface area is 98.6 Å². The summed E-state index contributed by atoms with van der Waals surface area (Å²) in [4.78, 5) is 12.4. The highest BCUT2D eigenvalue weighted by Gasteiger charge is 1.97. The first-order valence-electron chi connectivity index (χ1n) is 4.93. The largest absolute Gasteiger partial charge is 0.274 e. The van der Waals surface area contributed by atoms with Gasteiger partial charge in [0.15, 0.2) is 0 Å². The van der Waals surface area contributed by atoms with Crippen LogP contribution in [0.5, 0.6) is 0 Å². The first-order chi connectivity index (χ1) is 7.90. The van der Waals surface area contributed by atoms with Crippen LogP contribution in [-0.4, -0.2) is 25.4 Å². The van der Waals surface area contributed by atoms with E-state index in [-0.39, 0.29) is 0 Å². The van der Waals surface area contributed by atoms with Gasteiger partial charge in [0.2, 0.25) is 5.95 Å². The maximum atomic E-state index is 5.57. The monoisotopic (exact) mass is 234 g/mol. The maximum Gasteiger partial charge on any atom is 0.234 e. The molecule has 0 saturated carbocycles. The Kier molecular flexibility index (Phi) is 3.66. The molecule has 2 aromatic heterocycles. The average Bonchev–Trinajstić information content (AvgIpc) is 2.84. The van der Waals surface area contributed by atoms with Crippen LogP contribution >= 0.6 is 11.6 Å². The van der Waals surface area contributed by atoms with Gasteiger partial charge in [0.25, 0.3) is 0 Å². The molecule has 0 radical (unpaired) electrons. The number of imidazole rings is 1. The Morgan fingerprint density at radius 3 is 2.75 bits per heavy atom. The highest BCUT2D eigenvalue weighted by Crippen LogP contribution is 2.03. The van der Waals surface area contributed by atoms with Gasteiger partial charge in [-0.2, -0.15) is 0 Å². The Morgan fingerprint density at radius 1 is 1.31 bits per heavy atom. The van der Waals surface area contributed by atoms with E-state index in [9.17, 15) is 0 Å². The van der Waals surface area contributed by atoms with Crippen LogP contribution in [0.15, 0.2) is 37.2 Å². The van der Waals surface area contributed by atoms with Crippen LogP contribution in [0.2, 0.25) is 0 Å². The third-order valence-electron chi connectivity index (χ3n) is 1.98. The van der Waals surface area contributed by atoms with Gasteiger partial charge in [-0.05, 0) is 6.42 Å². The van der Waals surface area contributed by atoms with Crippen LogP contribution in [0.4, 0.5) is 0 Å². The van der Waals surface area contributed by atoms with Crippen LogP contribution in [0.3, 0.4) is 0 Å². The lowest BCUT2D eigenvalue weighted by atomic mass is 10.3. The van der Waals surface area contributed by atoms with E-state index in [1.165, 1.54) is 0 Å². The molecule has 82 valence electrons. The van der Waals surface area contributed by atoms with Gasteiger partial charge >= 0.3 is 0 Å². The number of aromatic nitrogens is 4. The zero-order chi connectivity index (χ0) is 11.2. The van der Waals surface area contributed by atoms with E-state index in [1.807, 2.05) is 12.2 Å². The smallest absolute Gasteiger partial charge is 0.234 e. The number of allylic oxidation sites excluding steroid dienone is 1. The minimum absolute atomic E-state index is 0.618. The third kappa shape index (κ3) is 2.67. The van der Waals surface area contributed by atoms with Crippen molar-refractivity contribution in [2.24, 2.45) is 0 Å². The SMILES string of the molecule is ClCCC=Cc1cnc(-n2ccnc2)nc1. The predicted molar refractivity (Wildman–Crippen MR) is 63.5 cm³/mol. The number of nitrogens with zero attached hydrogens (tertiary/aromatic N) is 4. The molecule has 0 spiro atoms. The van der Waals surface area contributed by atoms with E-state index >= 15 is 0 Å². The van der Waals surface area contributed by atoms with Crippen molar-refractivity contribution < 1.29 is 0 Å². The van der Waals surface area contributed by atoms with Crippen molar-refractivity contribution in [2.75, 3.05) is 5.88 Å². The van der Waals surface area contributed by atoms with E-state index < -0.39 is 0 Å². The molecule has 2 rings (SSSR count). The second-order valence-electron chi connectivity index (χ2n) is 3.17. The minimum atomic E-state index is 0.618. The second-order valence-corrected chi connectivity index (χ2v) is 3.54. The summed E-state index contributed by atoms with van der Waals surface area (Å²) in [5.74, 6) is 1.25. The van der Waals surface area contributed by atoms with Gasteiger partial charge in [-0.3, -0.25) is 4.57 Å². The molecule has 0 N–H and O–H groups in total. The Morgan fingerprint density at radius 2 is 2.12 bits per heavy atom.